The molecule has 0 spiro atoms. The predicted molar refractivity (Wildman–Crippen MR) is 70.3 cm³/mol. The number of benzene rings is 1. The van der Waals surface area contributed by atoms with Crippen LogP contribution in [0.2, 0.25) is 10.0 Å². The molecule has 0 aromatic heterocycles. The fraction of sp³-hybridized carbons (Fsp3) is 0.500. The van der Waals surface area contributed by atoms with Crippen LogP contribution in [0.1, 0.15) is 19.3 Å². The fourth-order valence-corrected chi connectivity index (χ4v) is 2.89. The predicted octanol–water partition coefficient (Wildman–Crippen LogP) is 3.53. The van der Waals surface area contributed by atoms with Gasteiger partial charge in [-0.05, 0) is 43.5 Å². The highest BCUT2D eigenvalue weighted by atomic mass is 35.5. The zero-order valence-corrected chi connectivity index (χ0v) is 10.6. The molecule has 2 atom stereocenters. The lowest BCUT2D eigenvalue weighted by Crippen LogP contribution is -2.29. The van der Waals surface area contributed by atoms with Crippen molar-refractivity contribution in [3.63, 3.8) is 0 Å². The Morgan fingerprint density at radius 1 is 1.19 bits per heavy atom. The third-order valence-electron chi connectivity index (χ3n) is 3.18. The van der Waals surface area contributed by atoms with Crippen LogP contribution in [0.5, 0.6) is 0 Å². The van der Waals surface area contributed by atoms with Gasteiger partial charge in [-0.25, -0.2) is 0 Å². The molecule has 0 aliphatic heterocycles. The Morgan fingerprint density at radius 2 is 1.88 bits per heavy atom. The number of hydrogen-bond donors (Lipinski definition) is 2. The second-order valence-corrected chi connectivity index (χ2v) is 5.21. The van der Waals surface area contributed by atoms with Crippen molar-refractivity contribution in [3.05, 3.63) is 28.2 Å². The van der Waals surface area contributed by atoms with Crippen molar-refractivity contribution in [3.8, 4) is 0 Å². The van der Waals surface area contributed by atoms with Gasteiger partial charge in [0.1, 0.15) is 0 Å². The van der Waals surface area contributed by atoms with E-state index >= 15 is 0 Å². The number of halogens is 2. The van der Waals surface area contributed by atoms with Gasteiger partial charge in [0.15, 0.2) is 0 Å². The van der Waals surface area contributed by atoms with Gasteiger partial charge in [0, 0.05) is 21.8 Å². The van der Waals surface area contributed by atoms with Crippen molar-refractivity contribution < 1.29 is 0 Å². The van der Waals surface area contributed by atoms with E-state index in [-0.39, 0.29) is 0 Å². The third-order valence-corrected chi connectivity index (χ3v) is 3.61. The maximum atomic E-state index is 5.96. The highest BCUT2D eigenvalue weighted by Crippen LogP contribution is 2.30. The lowest BCUT2D eigenvalue weighted by atomic mass is 10.0. The first-order chi connectivity index (χ1) is 7.69. The second-order valence-electron chi connectivity index (χ2n) is 4.34. The Morgan fingerprint density at radius 3 is 2.50 bits per heavy atom. The van der Waals surface area contributed by atoms with E-state index in [1.54, 1.807) is 6.07 Å². The highest BCUT2D eigenvalue weighted by Gasteiger charge is 2.25. The summed E-state index contributed by atoms with van der Waals surface area (Å²) in [7, 11) is 0. The minimum absolute atomic E-state index is 0.458. The average molecular weight is 259 g/mol. The molecular formula is C12H16Cl2N2. The van der Waals surface area contributed by atoms with Crippen LogP contribution in [0.25, 0.3) is 0 Å². The molecule has 0 amide bonds. The van der Waals surface area contributed by atoms with E-state index in [0.29, 0.717) is 22.0 Å². The Labute approximate surface area is 106 Å². The molecule has 3 N–H and O–H groups in total. The van der Waals surface area contributed by atoms with Gasteiger partial charge >= 0.3 is 0 Å². The van der Waals surface area contributed by atoms with Crippen LogP contribution in [0.15, 0.2) is 18.2 Å². The van der Waals surface area contributed by atoms with Crippen molar-refractivity contribution in [1.29, 1.82) is 0 Å². The summed E-state index contributed by atoms with van der Waals surface area (Å²) in [5.74, 6) is 0.567. The summed E-state index contributed by atoms with van der Waals surface area (Å²) >= 11 is 11.9. The molecular weight excluding hydrogens is 243 g/mol. The van der Waals surface area contributed by atoms with Gasteiger partial charge < -0.3 is 11.1 Å². The largest absolute Gasteiger partial charge is 0.382 e. The maximum absolute atomic E-state index is 5.96. The maximum Gasteiger partial charge on any atom is 0.0441 e. The summed E-state index contributed by atoms with van der Waals surface area (Å²) in [4.78, 5) is 0. The van der Waals surface area contributed by atoms with Gasteiger partial charge in [0.05, 0.1) is 0 Å². The zero-order chi connectivity index (χ0) is 11.5. The molecule has 1 fully saturated rings. The standard InChI is InChI=1S/C12H16Cl2N2/c13-9-4-10(14)6-11(5-9)16-12-3-1-2-8(12)7-15/h4-6,8,12,16H,1-3,7,15H2. The first-order valence-electron chi connectivity index (χ1n) is 5.62. The molecule has 0 heterocycles. The molecule has 2 nitrogen and oxygen atoms in total. The summed E-state index contributed by atoms with van der Waals surface area (Å²) < 4.78 is 0. The van der Waals surface area contributed by atoms with Gasteiger partial charge in [0.25, 0.3) is 0 Å². The van der Waals surface area contributed by atoms with Crippen LogP contribution in [0.4, 0.5) is 5.69 Å². The van der Waals surface area contributed by atoms with Crippen molar-refractivity contribution in [2.45, 2.75) is 25.3 Å². The molecule has 0 radical (unpaired) electrons. The van der Waals surface area contributed by atoms with Crippen LogP contribution >= 0.6 is 23.2 Å². The highest BCUT2D eigenvalue weighted by molar-refractivity contribution is 6.35. The van der Waals surface area contributed by atoms with E-state index in [1.807, 2.05) is 12.1 Å². The second kappa shape index (κ2) is 5.26. The molecule has 16 heavy (non-hydrogen) atoms. The SMILES string of the molecule is NCC1CCCC1Nc1cc(Cl)cc(Cl)c1. The summed E-state index contributed by atoms with van der Waals surface area (Å²) in [6.07, 6.45) is 3.63. The summed E-state index contributed by atoms with van der Waals surface area (Å²) in [6.45, 7) is 0.742. The Bertz CT molecular complexity index is 348. The molecule has 2 rings (SSSR count). The normalized spacial score (nSPS) is 24.7. The lowest BCUT2D eigenvalue weighted by molar-refractivity contribution is 0.516. The number of anilines is 1. The van der Waals surface area contributed by atoms with Crippen molar-refractivity contribution in [2.24, 2.45) is 11.7 Å². The molecule has 88 valence electrons. The molecule has 1 aromatic carbocycles. The molecule has 1 aliphatic rings. The van der Waals surface area contributed by atoms with Crippen LogP contribution in [0, 0.1) is 5.92 Å². The lowest BCUT2D eigenvalue weighted by Gasteiger charge is -2.21. The average Bonchev–Trinajstić information content (AvgIpc) is 2.63. The molecule has 0 bridgehead atoms. The van der Waals surface area contributed by atoms with Crippen LogP contribution in [0.3, 0.4) is 0 Å². The van der Waals surface area contributed by atoms with E-state index in [0.717, 1.165) is 12.2 Å². The quantitative estimate of drug-likeness (QED) is 0.871. The molecule has 1 aliphatic carbocycles. The van der Waals surface area contributed by atoms with E-state index < -0.39 is 0 Å². The van der Waals surface area contributed by atoms with E-state index in [4.69, 9.17) is 28.9 Å². The summed E-state index contributed by atoms with van der Waals surface area (Å²) in [5.41, 5.74) is 6.73. The third kappa shape index (κ3) is 2.82. The van der Waals surface area contributed by atoms with Gasteiger partial charge in [-0.2, -0.15) is 0 Å². The molecule has 1 aromatic rings. The van der Waals surface area contributed by atoms with Crippen LogP contribution in [-0.4, -0.2) is 12.6 Å². The van der Waals surface area contributed by atoms with Gasteiger partial charge in [-0.1, -0.05) is 29.6 Å². The Hall–Kier alpha value is -0.440. The number of rotatable bonds is 3. The minimum atomic E-state index is 0.458. The molecule has 0 saturated heterocycles. The van der Waals surface area contributed by atoms with Gasteiger partial charge in [-0.3, -0.25) is 0 Å². The van der Waals surface area contributed by atoms with Crippen molar-refractivity contribution >= 4 is 28.9 Å². The number of nitrogens with two attached hydrogens (primary N) is 1. The Balaban J connectivity index is 2.08. The summed E-state index contributed by atoms with van der Waals surface area (Å²) in [5, 5.41) is 4.80. The Kier molecular flexibility index (Phi) is 3.95. The fourth-order valence-electron chi connectivity index (χ4n) is 2.36. The first-order valence-corrected chi connectivity index (χ1v) is 6.37. The zero-order valence-electron chi connectivity index (χ0n) is 9.05. The van der Waals surface area contributed by atoms with Crippen molar-refractivity contribution in [1.82, 2.24) is 0 Å². The molecule has 1 saturated carbocycles. The van der Waals surface area contributed by atoms with Gasteiger partial charge in [-0.15, -0.1) is 0 Å². The van der Waals surface area contributed by atoms with Crippen molar-refractivity contribution in [2.75, 3.05) is 11.9 Å². The summed E-state index contributed by atoms with van der Waals surface area (Å²) in [6, 6.07) is 6.00. The number of hydrogen-bond acceptors (Lipinski definition) is 2. The first kappa shape index (κ1) is 12.0. The topological polar surface area (TPSA) is 38.0 Å². The molecule has 2 unspecified atom stereocenters. The van der Waals surface area contributed by atoms with Crippen LogP contribution < -0.4 is 11.1 Å². The van der Waals surface area contributed by atoms with E-state index in [1.165, 1.54) is 19.3 Å². The molecule has 4 heteroatoms. The monoisotopic (exact) mass is 258 g/mol. The smallest absolute Gasteiger partial charge is 0.0441 e. The van der Waals surface area contributed by atoms with Crippen LogP contribution in [-0.2, 0) is 0 Å². The van der Waals surface area contributed by atoms with E-state index in [2.05, 4.69) is 5.32 Å². The number of nitrogens with one attached hydrogen (secondary N) is 1. The van der Waals surface area contributed by atoms with E-state index in [9.17, 15) is 0 Å². The minimum Gasteiger partial charge on any atom is -0.382 e. The van der Waals surface area contributed by atoms with Gasteiger partial charge in [0.2, 0.25) is 0 Å².